The maximum atomic E-state index is 12.3. The molecule has 0 bridgehead atoms. The molecule has 0 aliphatic carbocycles. The minimum absolute atomic E-state index is 0.0497. The van der Waals surface area contributed by atoms with Crippen LogP contribution in [0.15, 0.2) is 9.95 Å². The van der Waals surface area contributed by atoms with E-state index in [1.807, 2.05) is 20.1 Å². The molecule has 0 spiro atoms. The molecule has 0 saturated heterocycles. The monoisotopic (exact) mass is 256 g/mol. The highest BCUT2D eigenvalue weighted by Gasteiger charge is 2.19. The Bertz CT molecular complexity index is 443. The van der Waals surface area contributed by atoms with Crippen LogP contribution in [0.5, 0.6) is 5.88 Å². The zero-order valence-electron chi connectivity index (χ0n) is 10.9. The molecular weight excluding hydrogens is 236 g/mol. The second-order valence-electron chi connectivity index (χ2n) is 4.07. The Kier molecular flexibility index (Phi) is 5.05. The van der Waals surface area contributed by atoms with Crippen LogP contribution in [-0.2, 0) is 6.54 Å². The van der Waals surface area contributed by atoms with Gasteiger partial charge in [0.15, 0.2) is 5.16 Å². The van der Waals surface area contributed by atoms with Crippen LogP contribution >= 0.6 is 11.8 Å². The predicted molar refractivity (Wildman–Crippen MR) is 70.9 cm³/mol. The molecule has 1 rings (SSSR count). The quantitative estimate of drug-likeness (QED) is 0.650. The Hall–Kier alpha value is -0.970. The smallest absolute Gasteiger partial charge is 0.261 e. The summed E-state index contributed by atoms with van der Waals surface area (Å²) in [6.45, 7) is 6.51. The molecule has 0 saturated carbocycles. The zero-order chi connectivity index (χ0) is 13.0. The molecule has 1 aromatic rings. The molecule has 17 heavy (non-hydrogen) atoms. The van der Waals surface area contributed by atoms with Crippen molar-refractivity contribution in [1.82, 2.24) is 9.55 Å². The van der Waals surface area contributed by atoms with Crippen molar-refractivity contribution in [3.05, 3.63) is 15.9 Å². The third kappa shape index (κ3) is 2.83. The van der Waals surface area contributed by atoms with E-state index >= 15 is 0 Å². The van der Waals surface area contributed by atoms with Gasteiger partial charge in [0.25, 0.3) is 5.56 Å². The van der Waals surface area contributed by atoms with Crippen LogP contribution in [0.1, 0.15) is 45.1 Å². The Morgan fingerprint density at radius 1 is 1.47 bits per heavy atom. The fourth-order valence-electron chi connectivity index (χ4n) is 1.98. The molecule has 1 unspecified atom stereocenters. The highest BCUT2D eigenvalue weighted by atomic mass is 32.2. The summed E-state index contributed by atoms with van der Waals surface area (Å²) in [5.74, 6) is -0.0568. The average molecular weight is 256 g/mol. The third-order valence-electron chi connectivity index (χ3n) is 2.86. The lowest BCUT2D eigenvalue weighted by Crippen LogP contribution is -2.27. The molecular formula is C12H20N2O2S. The van der Waals surface area contributed by atoms with E-state index in [1.165, 1.54) is 11.8 Å². The van der Waals surface area contributed by atoms with Crippen molar-refractivity contribution in [2.45, 2.75) is 51.2 Å². The van der Waals surface area contributed by atoms with Crippen molar-refractivity contribution < 1.29 is 5.11 Å². The summed E-state index contributed by atoms with van der Waals surface area (Å²) >= 11 is 1.37. The van der Waals surface area contributed by atoms with Crippen molar-refractivity contribution in [2.75, 3.05) is 6.26 Å². The highest BCUT2D eigenvalue weighted by molar-refractivity contribution is 7.98. The second-order valence-corrected chi connectivity index (χ2v) is 4.85. The van der Waals surface area contributed by atoms with Crippen molar-refractivity contribution >= 4 is 11.8 Å². The first-order valence-electron chi connectivity index (χ1n) is 5.94. The number of rotatable bonds is 5. The van der Waals surface area contributed by atoms with Crippen LogP contribution in [-0.4, -0.2) is 20.9 Å². The van der Waals surface area contributed by atoms with Gasteiger partial charge in [-0.25, -0.2) is 0 Å². The molecule has 0 fully saturated rings. The zero-order valence-corrected chi connectivity index (χ0v) is 11.7. The van der Waals surface area contributed by atoms with Gasteiger partial charge in [0.05, 0.1) is 5.56 Å². The van der Waals surface area contributed by atoms with E-state index < -0.39 is 0 Å². The lowest BCUT2D eigenvalue weighted by Gasteiger charge is -2.15. The van der Waals surface area contributed by atoms with E-state index in [1.54, 1.807) is 4.57 Å². The van der Waals surface area contributed by atoms with Gasteiger partial charge >= 0.3 is 0 Å². The van der Waals surface area contributed by atoms with Gasteiger partial charge in [-0.05, 0) is 25.5 Å². The number of hydrogen-bond donors (Lipinski definition) is 1. The summed E-state index contributed by atoms with van der Waals surface area (Å²) in [7, 11) is 0. The van der Waals surface area contributed by atoms with Crippen LogP contribution in [0.4, 0.5) is 0 Å². The molecule has 1 atom stereocenters. The normalized spacial score (nSPS) is 12.7. The second kappa shape index (κ2) is 6.10. The molecule has 0 aliphatic rings. The van der Waals surface area contributed by atoms with Crippen LogP contribution in [0, 0.1) is 0 Å². The summed E-state index contributed by atoms with van der Waals surface area (Å²) < 4.78 is 1.62. The van der Waals surface area contributed by atoms with Gasteiger partial charge in [-0.2, -0.15) is 4.98 Å². The first kappa shape index (κ1) is 14.1. The van der Waals surface area contributed by atoms with Crippen molar-refractivity contribution in [2.24, 2.45) is 0 Å². The predicted octanol–water partition coefficient (Wildman–Crippen LogP) is 2.59. The SMILES string of the molecule is CCCC(C)c1c(O)nc(SC)n(CC)c1=O. The highest BCUT2D eigenvalue weighted by Crippen LogP contribution is 2.26. The van der Waals surface area contributed by atoms with E-state index in [2.05, 4.69) is 11.9 Å². The number of nitrogens with zero attached hydrogens (tertiary/aromatic N) is 2. The molecule has 0 radical (unpaired) electrons. The largest absolute Gasteiger partial charge is 0.493 e. The van der Waals surface area contributed by atoms with Gasteiger partial charge in [-0.1, -0.05) is 32.0 Å². The summed E-state index contributed by atoms with van der Waals surface area (Å²) in [5, 5.41) is 10.5. The Morgan fingerprint density at radius 3 is 2.59 bits per heavy atom. The van der Waals surface area contributed by atoms with Crippen molar-refractivity contribution in [3.8, 4) is 5.88 Å². The lowest BCUT2D eigenvalue weighted by molar-refractivity contribution is 0.415. The fraction of sp³-hybridized carbons (Fsp3) is 0.667. The summed E-state index contributed by atoms with van der Waals surface area (Å²) in [6, 6.07) is 0. The molecule has 0 aromatic carbocycles. The van der Waals surface area contributed by atoms with Crippen LogP contribution in [0.2, 0.25) is 0 Å². The van der Waals surface area contributed by atoms with E-state index in [-0.39, 0.29) is 17.4 Å². The maximum absolute atomic E-state index is 12.3. The van der Waals surface area contributed by atoms with E-state index in [0.29, 0.717) is 17.3 Å². The standard InChI is InChI=1S/C12H20N2O2S/c1-5-7-8(3)9-10(15)13-12(17-4)14(6-2)11(9)16/h8,15H,5-7H2,1-4H3. The van der Waals surface area contributed by atoms with Gasteiger partial charge in [0, 0.05) is 6.54 Å². The minimum atomic E-state index is -0.106. The number of thioether (sulfide) groups is 1. The molecule has 1 aromatic heterocycles. The topological polar surface area (TPSA) is 55.1 Å². The average Bonchev–Trinajstić information content (AvgIpc) is 2.28. The number of aromatic hydroxyl groups is 1. The molecule has 96 valence electrons. The van der Waals surface area contributed by atoms with Crippen LogP contribution in [0.25, 0.3) is 0 Å². The molecule has 0 amide bonds. The van der Waals surface area contributed by atoms with Crippen LogP contribution < -0.4 is 5.56 Å². The third-order valence-corrected chi connectivity index (χ3v) is 3.54. The van der Waals surface area contributed by atoms with Crippen LogP contribution in [0.3, 0.4) is 0 Å². The first-order chi connectivity index (χ1) is 8.06. The lowest BCUT2D eigenvalue weighted by atomic mass is 9.98. The van der Waals surface area contributed by atoms with Gasteiger partial charge in [0.1, 0.15) is 0 Å². The van der Waals surface area contributed by atoms with E-state index in [4.69, 9.17) is 0 Å². The first-order valence-corrected chi connectivity index (χ1v) is 7.16. The molecule has 4 nitrogen and oxygen atoms in total. The van der Waals surface area contributed by atoms with Crippen molar-refractivity contribution in [3.63, 3.8) is 0 Å². The maximum Gasteiger partial charge on any atom is 0.261 e. The van der Waals surface area contributed by atoms with Gasteiger partial charge in [0.2, 0.25) is 5.88 Å². The Labute approximate surface area is 106 Å². The number of aromatic nitrogens is 2. The molecule has 1 N–H and O–H groups in total. The van der Waals surface area contributed by atoms with Gasteiger partial charge in [-0.3, -0.25) is 9.36 Å². The minimum Gasteiger partial charge on any atom is -0.493 e. The van der Waals surface area contributed by atoms with E-state index in [0.717, 1.165) is 12.8 Å². The number of hydrogen-bond acceptors (Lipinski definition) is 4. The fourth-order valence-corrected chi connectivity index (χ4v) is 2.59. The molecule has 1 heterocycles. The summed E-state index contributed by atoms with van der Waals surface area (Å²) in [6.07, 6.45) is 3.71. The summed E-state index contributed by atoms with van der Waals surface area (Å²) in [4.78, 5) is 16.4. The Morgan fingerprint density at radius 2 is 2.12 bits per heavy atom. The summed E-state index contributed by atoms with van der Waals surface area (Å²) in [5.41, 5.74) is 0.344. The van der Waals surface area contributed by atoms with E-state index in [9.17, 15) is 9.90 Å². The van der Waals surface area contributed by atoms with Gasteiger partial charge in [-0.15, -0.1) is 0 Å². The van der Waals surface area contributed by atoms with Gasteiger partial charge < -0.3 is 5.11 Å². The molecule has 0 aliphatic heterocycles. The Balaban J connectivity index is 3.37. The van der Waals surface area contributed by atoms with Crippen molar-refractivity contribution in [1.29, 1.82) is 0 Å². The molecule has 5 heteroatoms.